The van der Waals surface area contributed by atoms with Crippen LogP contribution in [0.3, 0.4) is 0 Å². The molecule has 0 saturated heterocycles. The van der Waals surface area contributed by atoms with E-state index in [0.717, 1.165) is 17.5 Å². The third-order valence-electron chi connectivity index (χ3n) is 2.78. The number of hydrogen-bond donors (Lipinski definition) is 2. The molecular weight excluding hydrogens is 174 g/mol. The van der Waals surface area contributed by atoms with Gasteiger partial charge in [-0.1, -0.05) is 31.2 Å². The van der Waals surface area contributed by atoms with Crippen LogP contribution in [-0.2, 0) is 0 Å². The van der Waals surface area contributed by atoms with E-state index in [9.17, 15) is 5.11 Å². The maximum Gasteiger partial charge on any atom is 0.0832 e. The molecule has 0 aliphatic heterocycles. The van der Waals surface area contributed by atoms with Crippen molar-refractivity contribution in [2.45, 2.75) is 26.4 Å². The van der Waals surface area contributed by atoms with E-state index in [1.807, 2.05) is 31.2 Å². The molecular formula is C12H19NO. The second-order valence-corrected chi connectivity index (χ2v) is 3.71. The summed E-state index contributed by atoms with van der Waals surface area (Å²) in [4.78, 5) is 0. The molecule has 1 aromatic carbocycles. The Morgan fingerprint density at radius 2 is 2.00 bits per heavy atom. The van der Waals surface area contributed by atoms with Gasteiger partial charge in [-0.05, 0) is 31.0 Å². The Morgan fingerprint density at radius 1 is 1.36 bits per heavy atom. The van der Waals surface area contributed by atoms with E-state index in [0.29, 0.717) is 6.54 Å². The molecule has 0 aliphatic carbocycles. The van der Waals surface area contributed by atoms with Gasteiger partial charge in [0.25, 0.3) is 0 Å². The van der Waals surface area contributed by atoms with Crippen molar-refractivity contribution in [1.29, 1.82) is 0 Å². The molecule has 0 spiro atoms. The molecule has 0 saturated carbocycles. The van der Waals surface area contributed by atoms with Crippen LogP contribution >= 0.6 is 0 Å². The predicted molar refractivity (Wildman–Crippen MR) is 59.0 cm³/mol. The Hall–Kier alpha value is -0.860. The third kappa shape index (κ3) is 2.34. The van der Waals surface area contributed by atoms with Gasteiger partial charge in [0.1, 0.15) is 0 Å². The summed E-state index contributed by atoms with van der Waals surface area (Å²) in [6.45, 7) is 4.60. The minimum absolute atomic E-state index is 0.163. The van der Waals surface area contributed by atoms with E-state index in [1.165, 1.54) is 0 Å². The van der Waals surface area contributed by atoms with E-state index in [4.69, 9.17) is 5.73 Å². The Kier molecular flexibility index (Phi) is 4.11. The zero-order valence-corrected chi connectivity index (χ0v) is 8.90. The largest absolute Gasteiger partial charge is 0.388 e. The van der Waals surface area contributed by atoms with Crippen LogP contribution in [0, 0.1) is 12.8 Å². The molecule has 0 radical (unpaired) electrons. The van der Waals surface area contributed by atoms with Gasteiger partial charge < -0.3 is 10.8 Å². The van der Waals surface area contributed by atoms with Gasteiger partial charge >= 0.3 is 0 Å². The fourth-order valence-corrected chi connectivity index (χ4v) is 1.69. The summed E-state index contributed by atoms with van der Waals surface area (Å²) in [6.07, 6.45) is 0.484. The predicted octanol–water partition coefficient (Wildman–Crippen LogP) is 2.01. The van der Waals surface area contributed by atoms with Crippen molar-refractivity contribution in [3.8, 4) is 0 Å². The third-order valence-corrected chi connectivity index (χ3v) is 2.78. The van der Waals surface area contributed by atoms with Gasteiger partial charge in [-0.25, -0.2) is 0 Å². The lowest BCUT2D eigenvalue weighted by Gasteiger charge is -2.21. The van der Waals surface area contributed by atoms with Gasteiger partial charge in [0.05, 0.1) is 6.10 Å². The monoisotopic (exact) mass is 193 g/mol. The summed E-state index contributed by atoms with van der Waals surface area (Å²) in [6, 6.07) is 7.92. The zero-order chi connectivity index (χ0) is 10.6. The number of hydrogen-bond acceptors (Lipinski definition) is 2. The van der Waals surface area contributed by atoms with E-state index in [1.54, 1.807) is 0 Å². The first kappa shape index (κ1) is 11.2. The number of benzene rings is 1. The van der Waals surface area contributed by atoms with E-state index >= 15 is 0 Å². The molecule has 1 aromatic rings. The van der Waals surface area contributed by atoms with Gasteiger partial charge in [-0.2, -0.15) is 0 Å². The van der Waals surface area contributed by atoms with Crippen molar-refractivity contribution >= 4 is 0 Å². The van der Waals surface area contributed by atoms with Gasteiger partial charge in [-0.3, -0.25) is 0 Å². The van der Waals surface area contributed by atoms with Gasteiger partial charge in [-0.15, -0.1) is 0 Å². The first-order chi connectivity index (χ1) is 6.70. The smallest absolute Gasteiger partial charge is 0.0832 e. The highest BCUT2D eigenvalue weighted by molar-refractivity contribution is 5.28. The second kappa shape index (κ2) is 5.13. The molecule has 78 valence electrons. The summed E-state index contributed by atoms with van der Waals surface area (Å²) < 4.78 is 0. The fraction of sp³-hybridized carbons (Fsp3) is 0.500. The highest BCUT2D eigenvalue weighted by atomic mass is 16.3. The normalized spacial score (nSPS) is 15.1. The summed E-state index contributed by atoms with van der Waals surface area (Å²) in [5, 5.41) is 10.1. The van der Waals surface area contributed by atoms with Crippen molar-refractivity contribution in [2.75, 3.05) is 6.54 Å². The van der Waals surface area contributed by atoms with Gasteiger partial charge in [0.15, 0.2) is 0 Å². The Labute approximate surface area is 85.8 Å². The van der Waals surface area contributed by atoms with Gasteiger partial charge in [0.2, 0.25) is 0 Å². The molecule has 0 fully saturated rings. The molecule has 0 bridgehead atoms. The quantitative estimate of drug-likeness (QED) is 0.768. The van der Waals surface area contributed by atoms with Crippen LogP contribution < -0.4 is 5.73 Å². The van der Waals surface area contributed by atoms with E-state index < -0.39 is 6.10 Å². The molecule has 0 aliphatic rings. The minimum atomic E-state index is -0.425. The molecule has 0 aromatic heterocycles. The summed E-state index contributed by atoms with van der Waals surface area (Å²) in [7, 11) is 0. The average molecular weight is 193 g/mol. The van der Waals surface area contributed by atoms with Gasteiger partial charge in [0, 0.05) is 5.92 Å². The Morgan fingerprint density at radius 3 is 2.50 bits per heavy atom. The average Bonchev–Trinajstić information content (AvgIpc) is 2.20. The summed E-state index contributed by atoms with van der Waals surface area (Å²) >= 11 is 0. The van der Waals surface area contributed by atoms with E-state index in [2.05, 4.69) is 6.92 Å². The highest BCUT2D eigenvalue weighted by Crippen LogP contribution is 2.25. The molecule has 2 atom stereocenters. The van der Waals surface area contributed by atoms with Crippen LogP contribution in [0.1, 0.15) is 30.6 Å². The van der Waals surface area contributed by atoms with E-state index in [-0.39, 0.29) is 5.92 Å². The van der Waals surface area contributed by atoms with Crippen LogP contribution in [-0.4, -0.2) is 11.7 Å². The summed E-state index contributed by atoms with van der Waals surface area (Å²) in [5.74, 6) is 0.163. The number of aryl methyl sites for hydroxylation is 1. The first-order valence-corrected chi connectivity index (χ1v) is 5.14. The van der Waals surface area contributed by atoms with Crippen molar-refractivity contribution in [1.82, 2.24) is 0 Å². The van der Waals surface area contributed by atoms with Crippen molar-refractivity contribution < 1.29 is 5.11 Å². The molecule has 14 heavy (non-hydrogen) atoms. The molecule has 2 nitrogen and oxygen atoms in total. The van der Waals surface area contributed by atoms with Crippen LogP contribution in [0.25, 0.3) is 0 Å². The first-order valence-electron chi connectivity index (χ1n) is 5.14. The molecule has 2 heteroatoms. The fourth-order valence-electron chi connectivity index (χ4n) is 1.69. The zero-order valence-electron chi connectivity index (χ0n) is 8.90. The molecule has 0 amide bonds. The molecule has 0 heterocycles. The maximum atomic E-state index is 10.1. The van der Waals surface area contributed by atoms with Crippen LogP contribution in [0.2, 0.25) is 0 Å². The summed E-state index contributed by atoms with van der Waals surface area (Å²) in [5.41, 5.74) is 7.75. The second-order valence-electron chi connectivity index (χ2n) is 3.71. The van der Waals surface area contributed by atoms with Crippen LogP contribution in [0.15, 0.2) is 24.3 Å². The molecule has 2 unspecified atom stereocenters. The topological polar surface area (TPSA) is 46.2 Å². The minimum Gasteiger partial charge on any atom is -0.388 e. The number of aliphatic hydroxyl groups excluding tert-OH is 1. The Bertz CT molecular complexity index is 281. The lowest BCUT2D eigenvalue weighted by atomic mass is 9.91. The van der Waals surface area contributed by atoms with Crippen LogP contribution in [0.5, 0.6) is 0 Å². The Balaban J connectivity index is 2.88. The van der Waals surface area contributed by atoms with Crippen molar-refractivity contribution in [3.05, 3.63) is 35.4 Å². The maximum absolute atomic E-state index is 10.1. The molecule has 3 N–H and O–H groups in total. The molecule has 1 rings (SSSR count). The standard InChI is InChI=1S/C12H19NO/c1-3-10(8-13)12(14)11-7-5-4-6-9(11)2/h4-7,10,12,14H,3,8,13H2,1-2H3. The lowest BCUT2D eigenvalue weighted by molar-refractivity contribution is 0.109. The SMILES string of the molecule is CCC(CN)C(O)c1ccccc1C. The number of rotatable bonds is 4. The highest BCUT2D eigenvalue weighted by Gasteiger charge is 2.18. The van der Waals surface area contributed by atoms with Crippen molar-refractivity contribution in [2.24, 2.45) is 11.7 Å². The lowest BCUT2D eigenvalue weighted by Crippen LogP contribution is -2.21. The van der Waals surface area contributed by atoms with Crippen molar-refractivity contribution in [3.63, 3.8) is 0 Å². The van der Waals surface area contributed by atoms with Crippen LogP contribution in [0.4, 0.5) is 0 Å². The number of nitrogens with two attached hydrogens (primary N) is 1. The number of aliphatic hydroxyl groups is 1.